The number of unbranched alkanes of at least 4 members (excludes halogenated alkanes) is 10. The van der Waals surface area contributed by atoms with Gasteiger partial charge >= 0.3 is 23.9 Å². The Hall–Kier alpha value is -8.38. The van der Waals surface area contributed by atoms with Gasteiger partial charge < -0.3 is 52.4 Å². The zero-order valence-electron chi connectivity index (χ0n) is 48.8. The minimum atomic E-state index is -0.639. The second kappa shape index (κ2) is 35.7. The lowest BCUT2D eigenvalue weighted by atomic mass is 10.1. The van der Waals surface area contributed by atoms with Crippen LogP contribution in [0.2, 0.25) is 0 Å². The smallest absolute Gasteiger partial charge is 0.343 e. The number of hydrogen-bond donors (Lipinski definition) is 0. The van der Waals surface area contributed by atoms with E-state index in [-0.39, 0.29) is 112 Å². The Kier molecular flexibility index (Phi) is 26.9. The first kappa shape index (κ1) is 64.2. The molecular formula is C68H78N2O15. The Balaban J connectivity index is 0.818. The van der Waals surface area contributed by atoms with Gasteiger partial charge in [-0.25, -0.2) is 19.2 Å². The van der Waals surface area contributed by atoms with Crippen LogP contribution in [0.15, 0.2) is 146 Å². The molecule has 1 aliphatic rings. The monoisotopic (exact) mass is 1160 g/mol. The summed E-state index contributed by atoms with van der Waals surface area (Å²) in [5.74, 6) is -0.602. The van der Waals surface area contributed by atoms with E-state index >= 15 is 0 Å². The predicted molar refractivity (Wildman–Crippen MR) is 320 cm³/mol. The molecule has 1 heterocycles. The van der Waals surface area contributed by atoms with Gasteiger partial charge in [-0.3, -0.25) is 9.59 Å². The molecule has 0 bridgehead atoms. The lowest BCUT2D eigenvalue weighted by Gasteiger charge is -2.24. The van der Waals surface area contributed by atoms with E-state index in [9.17, 15) is 28.8 Å². The summed E-state index contributed by atoms with van der Waals surface area (Å²) in [4.78, 5) is 82.6. The third-order valence-corrected chi connectivity index (χ3v) is 13.9. The summed E-state index contributed by atoms with van der Waals surface area (Å²) < 4.78 is 51.4. The molecule has 1 aliphatic heterocycles. The van der Waals surface area contributed by atoms with Crippen molar-refractivity contribution in [2.45, 2.75) is 90.9 Å². The van der Waals surface area contributed by atoms with E-state index in [1.54, 1.807) is 82.6 Å². The molecule has 450 valence electrons. The molecule has 0 unspecified atom stereocenters. The zero-order valence-corrected chi connectivity index (χ0v) is 48.8. The second-order valence-corrected chi connectivity index (χ2v) is 20.4. The van der Waals surface area contributed by atoms with Crippen LogP contribution in [0.25, 0.3) is 0 Å². The summed E-state index contributed by atoms with van der Waals surface area (Å²) in [6.45, 7) is 8.05. The van der Waals surface area contributed by atoms with Crippen molar-refractivity contribution in [1.82, 2.24) is 9.80 Å². The first-order chi connectivity index (χ1) is 41.6. The number of nitrogens with zero attached hydrogens (tertiary/aromatic N) is 2. The third-order valence-electron chi connectivity index (χ3n) is 13.9. The van der Waals surface area contributed by atoms with Crippen molar-refractivity contribution in [2.24, 2.45) is 0 Å². The van der Waals surface area contributed by atoms with Crippen LogP contribution in [-0.4, -0.2) is 125 Å². The molecule has 6 aromatic rings. The van der Waals surface area contributed by atoms with E-state index in [0.717, 1.165) is 25.7 Å². The molecule has 2 amide bonds. The van der Waals surface area contributed by atoms with Gasteiger partial charge in [0.15, 0.2) is 0 Å². The van der Waals surface area contributed by atoms with E-state index in [4.69, 9.17) is 42.6 Å². The number of carbonyl (C=O) groups is 6. The minimum Gasteiger partial charge on any atom is -0.494 e. The highest BCUT2D eigenvalue weighted by Gasteiger charge is 2.21. The second-order valence-electron chi connectivity index (χ2n) is 20.4. The van der Waals surface area contributed by atoms with Crippen LogP contribution in [0.1, 0.15) is 153 Å². The van der Waals surface area contributed by atoms with Gasteiger partial charge in [-0.15, -0.1) is 0 Å². The Bertz CT molecular complexity index is 2800. The van der Waals surface area contributed by atoms with E-state index in [1.807, 2.05) is 0 Å². The maximum absolute atomic E-state index is 13.8. The van der Waals surface area contributed by atoms with Gasteiger partial charge in [-0.2, -0.15) is 0 Å². The summed E-state index contributed by atoms with van der Waals surface area (Å²) in [6, 6.07) is 38.1. The molecule has 6 aromatic carbocycles. The molecule has 7 rings (SSSR count). The van der Waals surface area contributed by atoms with Crippen LogP contribution in [0.5, 0.6) is 34.5 Å². The zero-order chi connectivity index (χ0) is 59.9. The predicted octanol–water partition coefficient (Wildman–Crippen LogP) is 12.7. The van der Waals surface area contributed by atoms with Crippen molar-refractivity contribution in [3.05, 3.63) is 179 Å². The van der Waals surface area contributed by atoms with Gasteiger partial charge in [0.05, 0.1) is 75.1 Å². The van der Waals surface area contributed by atoms with Gasteiger partial charge in [0, 0.05) is 37.3 Å². The molecular weight excluding hydrogens is 1080 g/mol. The molecule has 0 saturated carbocycles. The minimum absolute atomic E-state index is 0.178. The molecule has 0 aromatic heterocycles. The van der Waals surface area contributed by atoms with Gasteiger partial charge in [0.2, 0.25) is 0 Å². The van der Waals surface area contributed by atoms with Crippen LogP contribution in [0.3, 0.4) is 0 Å². The topological polar surface area (TPSA) is 192 Å². The summed E-state index contributed by atoms with van der Waals surface area (Å²) >= 11 is 0. The first-order valence-electron chi connectivity index (χ1n) is 29.6. The van der Waals surface area contributed by atoms with Gasteiger partial charge in [0.1, 0.15) is 34.5 Å². The van der Waals surface area contributed by atoms with E-state index in [2.05, 4.69) is 13.8 Å². The standard InChI is InChI=1S/C68H78N2O15/c1-3-5-7-9-11-13-43-80-57-27-19-53(20-28-57)65(73)84-61-35-23-55(24-36-61)67(75)82-59-31-15-51(16-32-59)63(71)69-39-45-77-46-40-70(42-48-79-50-49-78-47-41-69)64(72)52-17-33-60(34-18-52)83-68(76)56-25-37-62(38-26-56)85-66(74)54-21-29-58(30-22-54)81-44-14-12-10-8-6-4-2/h15-38H,3-14,39-50H2,1-2H3. The Morgan fingerprint density at radius 3 is 0.824 bits per heavy atom. The average molecular weight is 1160 g/mol. The van der Waals surface area contributed by atoms with Crippen molar-refractivity contribution >= 4 is 35.7 Å². The Labute approximate surface area is 498 Å². The van der Waals surface area contributed by atoms with Crippen molar-refractivity contribution in [2.75, 3.05) is 79.0 Å². The molecule has 17 nitrogen and oxygen atoms in total. The molecule has 1 fully saturated rings. The highest BCUT2D eigenvalue weighted by molar-refractivity contribution is 5.96. The number of ether oxygens (including phenoxy) is 9. The summed E-state index contributed by atoms with van der Waals surface area (Å²) in [6.07, 6.45) is 14.1. The number of carbonyl (C=O) groups excluding carboxylic acids is 6. The number of esters is 4. The van der Waals surface area contributed by atoms with Gasteiger partial charge in [0.25, 0.3) is 11.8 Å². The molecule has 0 spiro atoms. The van der Waals surface area contributed by atoms with Crippen LogP contribution in [0, 0.1) is 0 Å². The lowest BCUT2D eigenvalue weighted by molar-refractivity contribution is 0.0298. The van der Waals surface area contributed by atoms with E-state index in [1.165, 1.54) is 124 Å². The normalized spacial score (nSPS) is 13.3. The van der Waals surface area contributed by atoms with Crippen LogP contribution in [-0.2, 0) is 14.2 Å². The molecule has 0 radical (unpaired) electrons. The van der Waals surface area contributed by atoms with Crippen LogP contribution in [0.4, 0.5) is 0 Å². The van der Waals surface area contributed by atoms with Crippen LogP contribution >= 0.6 is 0 Å². The fraction of sp³-hybridized carbons (Fsp3) is 0.382. The Morgan fingerprint density at radius 1 is 0.306 bits per heavy atom. The largest absolute Gasteiger partial charge is 0.494 e. The number of hydrogen-bond acceptors (Lipinski definition) is 15. The van der Waals surface area contributed by atoms with Crippen molar-refractivity contribution in [3.8, 4) is 34.5 Å². The first-order valence-corrected chi connectivity index (χ1v) is 29.6. The Morgan fingerprint density at radius 2 is 0.541 bits per heavy atom. The average Bonchev–Trinajstić information content (AvgIpc) is 3.61. The van der Waals surface area contributed by atoms with Crippen molar-refractivity contribution in [3.63, 3.8) is 0 Å². The number of amides is 2. The maximum Gasteiger partial charge on any atom is 0.343 e. The van der Waals surface area contributed by atoms with E-state index in [0.29, 0.717) is 47.0 Å². The fourth-order valence-corrected chi connectivity index (χ4v) is 8.95. The summed E-state index contributed by atoms with van der Waals surface area (Å²) in [5, 5.41) is 0. The lowest BCUT2D eigenvalue weighted by Crippen LogP contribution is -2.38. The van der Waals surface area contributed by atoms with Gasteiger partial charge in [-0.05, 0) is 158 Å². The molecule has 17 heteroatoms. The highest BCUT2D eigenvalue weighted by Crippen LogP contribution is 2.23. The van der Waals surface area contributed by atoms with Gasteiger partial charge in [-0.1, -0.05) is 78.1 Å². The highest BCUT2D eigenvalue weighted by atomic mass is 16.6. The number of benzene rings is 6. The summed E-state index contributed by atoms with van der Waals surface area (Å²) in [5.41, 5.74) is 1.89. The molecule has 0 atom stereocenters. The summed E-state index contributed by atoms with van der Waals surface area (Å²) in [7, 11) is 0. The SMILES string of the molecule is CCCCCCCCOc1ccc(C(=O)Oc2ccc(C(=O)Oc3ccc(C(=O)N4CCOCCOCCN(C(=O)c5ccc(OC(=O)c6ccc(OC(=O)c7ccc(OCCCCCCCC)cc7)cc6)cc5)CCOCC4)cc3)cc2)cc1. The molecule has 1 saturated heterocycles. The third kappa shape index (κ3) is 22.0. The van der Waals surface area contributed by atoms with E-state index < -0.39 is 23.9 Å². The van der Waals surface area contributed by atoms with Crippen molar-refractivity contribution in [1.29, 1.82) is 0 Å². The van der Waals surface area contributed by atoms with Crippen molar-refractivity contribution < 1.29 is 71.4 Å². The molecule has 0 aliphatic carbocycles. The molecule has 85 heavy (non-hydrogen) atoms. The molecule has 0 N–H and O–H groups in total. The van der Waals surface area contributed by atoms with Crippen LogP contribution < -0.4 is 28.4 Å². The maximum atomic E-state index is 13.8. The quantitative estimate of drug-likeness (QED) is 0.0283. The fourth-order valence-electron chi connectivity index (χ4n) is 8.95. The number of rotatable bonds is 26.